The number of aliphatic hydroxyl groups excluding tert-OH is 9. The Kier molecular flexibility index (Phi) is 14.3. The Morgan fingerprint density at radius 1 is 0.766 bits per heavy atom. The van der Waals surface area contributed by atoms with E-state index in [2.05, 4.69) is 0 Å². The van der Waals surface area contributed by atoms with Gasteiger partial charge in [-0.15, -0.1) is 0 Å². The first kappa shape index (κ1) is 46.8. The number of aliphatic hydroxyl groups is 9. The Labute approximate surface area is 361 Å². The van der Waals surface area contributed by atoms with Gasteiger partial charge in [0, 0.05) is 24.1 Å². The summed E-state index contributed by atoms with van der Waals surface area (Å²) in [4.78, 5) is 26.6. The van der Waals surface area contributed by atoms with E-state index in [0.717, 1.165) is 12.1 Å². The van der Waals surface area contributed by atoms with Crippen LogP contribution in [0, 0.1) is 0 Å². The van der Waals surface area contributed by atoms with Gasteiger partial charge in [0.25, 0.3) is 0 Å². The van der Waals surface area contributed by atoms with Gasteiger partial charge in [-0.2, -0.15) is 0 Å². The van der Waals surface area contributed by atoms with E-state index < -0.39 is 139 Å². The maximum atomic E-state index is 13.8. The molecular weight excluding hydrogens is 856 g/mol. The highest BCUT2D eigenvalue weighted by Gasteiger charge is 2.52. The number of phenolic OH excluding ortho intramolecular Hbond substituents is 3. The fraction of sp³-hybridized carbons (Fsp3) is 0.476. The van der Waals surface area contributed by atoms with Crippen molar-refractivity contribution >= 4 is 16.9 Å². The molecule has 14 atom stereocenters. The van der Waals surface area contributed by atoms with Gasteiger partial charge in [0.2, 0.25) is 6.29 Å². The minimum Gasteiger partial charge on any atom is -0.508 e. The van der Waals surface area contributed by atoms with Gasteiger partial charge in [-0.05, 0) is 48.4 Å². The summed E-state index contributed by atoms with van der Waals surface area (Å²) in [5, 5.41) is 128. The number of aryl methyl sites for hydroxylation is 1. The van der Waals surface area contributed by atoms with Crippen molar-refractivity contribution in [3.63, 3.8) is 0 Å². The van der Waals surface area contributed by atoms with Crippen molar-refractivity contribution in [3.05, 3.63) is 75.9 Å². The molecule has 14 unspecified atom stereocenters. The van der Waals surface area contributed by atoms with Crippen LogP contribution in [0.2, 0.25) is 0 Å². The van der Waals surface area contributed by atoms with Crippen LogP contribution in [0.4, 0.5) is 0 Å². The van der Waals surface area contributed by atoms with Gasteiger partial charge in [-0.1, -0.05) is 6.07 Å². The molecule has 0 spiro atoms. The third-order valence-electron chi connectivity index (χ3n) is 11.2. The Bertz CT molecular complexity index is 2320. The van der Waals surface area contributed by atoms with E-state index in [1.165, 1.54) is 43.5 Å². The van der Waals surface area contributed by atoms with E-state index in [4.69, 9.17) is 37.6 Å². The maximum absolute atomic E-state index is 13.8. The third-order valence-corrected chi connectivity index (χ3v) is 11.2. The van der Waals surface area contributed by atoms with Crippen LogP contribution in [0.3, 0.4) is 0 Å². The van der Waals surface area contributed by atoms with Crippen molar-refractivity contribution < 1.29 is 104 Å². The summed E-state index contributed by atoms with van der Waals surface area (Å²) in [6.07, 6.45) is -26.1. The number of hydrogen-bond acceptors (Lipinski definition) is 22. The molecule has 4 aromatic rings. The largest absolute Gasteiger partial charge is 0.508 e. The lowest BCUT2D eigenvalue weighted by molar-refractivity contribution is -0.325. The van der Waals surface area contributed by atoms with Gasteiger partial charge in [0.1, 0.15) is 114 Å². The summed E-state index contributed by atoms with van der Waals surface area (Å²) in [6.45, 7) is -2.18. The minimum atomic E-state index is -2.08. The first-order chi connectivity index (χ1) is 30.5. The number of esters is 1. The number of methoxy groups -OCH3 is 1. The second-order valence-corrected chi connectivity index (χ2v) is 15.5. The highest BCUT2D eigenvalue weighted by molar-refractivity contribution is 5.88. The van der Waals surface area contributed by atoms with Gasteiger partial charge >= 0.3 is 5.97 Å². The normalized spacial score (nSPS) is 32.0. The first-order valence-electron chi connectivity index (χ1n) is 20.0. The second kappa shape index (κ2) is 19.5. The Morgan fingerprint density at radius 3 is 2.17 bits per heavy atom. The van der Waals surface area contributed by atoms with Crippen molar-refractivity contribution in [2.45, 2.75) is 98.7 Å². The van der Waals surface area contributed by atoms with Crippen LogP contribution < -0.4 is 14.9 Å². The molecule has 3 aliphatic rings. The predicted molar refractivity (Wildman–Crippen MR) is 212 cm³/mol. The SMILES string of the molecule is COc1cc(CCC(=O)OCC2OC(Oc3cc4oc(-c5ccc(O)cc5)cc(=O)c4c(O)c3C3OC(CO)C(O)C(O)C3OC3OCC(O)C(O)C3O)C(O)C(O)C2O)ccc1O. The molecule has 1 aromatic heterocycles. The molecule has 3 saturated heterocycles. The molecule has 0 amide bonds. The number of hydrogen-bond donors (Lipinski definition) is 12. The molecule has 64 heavy (non-hydrogen) atoms. The van der Waals surface area contributed by atoms with E-state index in [-0.39, 0.29) is 41.4 Å². The van der Waals surface area contributed by atoms with Crippen molar-refractivity contribution in [3.8, 4) is 40.1 Å². The molecule has 7 rings (SSSR count). The number of ether oxygens (including phenoxy) is 7. The summed E-state index contributed by atoms with van der Waals surface area (Å²) >= 11 is 0. The molecule has 3 fully saturated rings. The Hall–Kier alpha value is -5.18. The fourth-order valence-corrected chi connectivity index (χ4v) is 7.61. The molecule has 12 N–H and O–H groups in total. The average molecular weight is 905 g/mol. The Balaban J connectivity index is 1.25. The van der Waals surface area contributed by atoms with Gasteiger partial charge < -0.3 is 98.9 Å². The van der Waals surface area contributed by atoms with E-state index in [1.54, 1.807) is 6.07 Å². The van der Waals surface area contributed by atoms with Crippen molar-refractivity contribution in [1.82, 2.24) is 0 Å². The number of carbonyl (C=O) groups is 1. The molecule has 0 bridgehead atoms. The smallest absolute Gasteiger partial charge is 0.306 e. The number of carbonyl (C=O) groups excluding carboxylic acids is 1. The molecule has 348 valence electrons. The topological polar surface area (TPSA) is 355 Å². The average Bonchev–Trinajstić information content (AvgIpc) is 3.27. The summed E-state index contributed by atoms with van der Waals surface area (Å²) in [5.74, 6) is -2.39. The van der Waals surface area contributed by atoms with Crippen LogP contribution in [0.15, 0.2) is 63.8 Å². The fourth-order valence-electron chi connectivity index (χ4n) is 7.61. The number of rotatable bonds is 13. The van der Waals surface area contributed by atoms with Crippen LogP contribution in [0.1, 0.15) is 23.7 Å². The highest BCUT2D eigenvalue weighted by atomic mass is 16.7. The molecule has 3 aromatic carbocycles. The van der Waals surface area contributed by atoms with Crippen LogP contribution in [-0.4, -0.2) is 174 Å². The predicted octanol–water partition coefficient (Wildman–Crippen LogP) is -2.07. The van der Waals surface area contributed by atoms with Gasteiger partial charge in [0.05, 0.1) is 25.9 Å². The van der Waals surface area contributed by atoms with Crippen LogP contribution in [0.25, 0.3) is 22.3 Å². The zero-order valence-electron chi connectivity index (χ0n) is 33.8. The molecule has 4 heterocycles. The monoisotopic (exact) mass is 904 g/mol. The highest BCUT2D eigenvalue weighted by Crippen LogP contribution is 2.47. The van der Waals surface area contributed by atoms with Crippen molar-refractivity contribution in [2.24, 2.45) is 0 Å². The lowest BCUT2D eigenvalue weighted by atomic mass is 9.89. The number of fused-ring (bicyclic) bond motifs is 1. The maximum Gasteiger partial charge on any atom is 0.306 e. The first-order valence-corrected chi connectivity index (χ1v) is 20.0. The Morgan fingerprint density at radius 2 is 1.47 bits per heavy atom. The lowest BCUT2D eigenvalue weighted by Crippen LogP contribution is -2.61. The molecule has 22 nitrogen and oxygen atoms in total. The number of aromatic hydroxyl groups is 3. The summed E-state index contributed by atoms with van der Waals surface area (Å²) in [5.41, 5.74) is -0.887. The molecule has 3 aliphatic heterocycles. The summed E-state index contributed by atoms with van der Waals surface area (Å²) in [7, 11) is 1.36. The standard InChI is InChI=1S/C42H48O22/c1-57-23-10-16(2-8-19(23)45)3-9-28(48)58-15-27-33(51)35(53)38(56)42(63-27)62-25-12-24-29(20(46)11-22(60-24)17-4-6-18(44)7-5-17)34(52)30(25)39-40(36(54)32(50)26(13-43)61-39)64-41-37(55)31(49)21(47)14-59-41/h2,4-8,10-12,21,26-27,31-33,35-45,47,49-56H,3,9,13-15H2,1H3. The third kappa shape index (κ3) is 9.46. The van der Waals surface area contributed by atoms with Crippen molar-refractivity contribution in [2.75, 3.05) is 26.9 Å². The summed E-state index contributed by atoms with van der Waals surface area (Å²) in [6, 6.07) is 12.0. The molecule has 0 saturated carbocycles. The quantitative estimate of drug-likeness (QED) is 0.0641. The zero-order valence-corrected chi connectivity index (χ0v) is 33.8. The lowest BCUT2D eigenvalue weighted by Gasteiger charge is -2.45. The van der Waals surface area contributed by atoms with Crippen LogP contribution in [-0.2, 0) is 34.9 Å². The van der Waals surface area contributed by atoms with E-state index in [9.17, 15) is 70.9 Å². The van der Waals surface area contributed by atoms with Gasteiger partial charge in [0.15, 0.2) is 23.2 Å². The molecule has 0 radical (unpaired) electrons. The molecular formula is C42H48O22. The molecule has 0 aliphatic carbocycles. The van der Waals surface area contributed by atoms with Crippen LogP contribution >= 0.6 is 0 Å². The van der Waals surface area contributed by atoms with E-state index in [0.29, 0.717) is 11.1 Å². The van der Waals surface area contributed by atoms with Crippen molar-refractivity contribution in [1.29, 1.82) is 0 Å². The number of benzene rings is 3. The van der Waals surface area contributed by atoms with Gasteiger partial charge in [-0.3, -0.25) is 9.59 Å². The summed E-state index contributed by atoms with van der Waals surface area (Å²) < 4.78 is 45.5. The van der Waals surface area contributed by atoms with Gasteiger partial charge in [-0.25, -0.2) is 0 Å². The van der Waals surface area contributed by atoms with Crippen LogP contribution in [0.5, 0.6) is 28.7 Å². The van der Waals surface area contributed by atoms with E-state index in [1.807, 2.05) is 0 Å². The minimum absolute atomic E-state index is 0.0623. The number of phenols is 3. The second-order valence-electron chi connectivity index (χ2n) is 15.5. The zero-order chi connectivity index (χ0) is 46.1. The molecule has 22 heteroatoms. The van der Waals surface area contributed by atoms with E-state index >= 15 is 0 Å².